The van der Waals surface area contributed by atoms with Gasteiger partial charge in [-0.2, -0.15) is 0 Å². The Bertz CT molecular complexity index is 998. The fraction of sp³-hybridized carbons (Fsp3) is 0.350. The van der Waals surface area contributed by atoms with Crippen molar-refractivity contribution in [1.82, 2.24) is 30.0 Å². The minimum atomic E-state index is -0.289. The third-order valence-electron chi connectivity index (χ3n) is 5.03. The molecule has 1 aliphatic rings. The van der Waals surface area contributed by atoms with Crippen LogP contribution in [0, 0.1) is 13.8 Å². The molecule has 0 radical (unpaired) electrons. The van der Waals surface area contributed by atoms with Crippen LogP contribution in [0.25, 0.3) is 5.69 Å². The molecule has 1 aromatic carbocycles. The van der Waals surface area contributed by atoms with Crippen LogP contribution in [0.5, 0.6) is 0 Å². The fourth-order valence-electron chi connectivity index (χ4n) is 3.49. The monoisotopic (exact) mass is 377 g/mol. The molecule has 4 rings (SSSR count). The number of hydrogen-bond acceptors (Lipinski definition) is 5. The second-order valence-corrected chi connectivity index (χ2v) is 7.03. The smallest absolute Gasteiger partial charge is 0.319 e. The van der Waals surface area contributed by atoms with E-state index in [-0.39, 0.29) is 6.03 Å². The van der Waals surface area contributed by atoms with Gasteiger partial charge in [0, 0.05) is 17.1 Å². The summed E-state index contributed by atoms with van der Waals surface area (Å²) in [7, 11) is 0. The SMILES string of the molecule is Cc1ccc(-n2cnnc2)cc1NC(=O)NCc1nc(C)c2c(n1)CCCC2. The van der Waals surface area contributed by atoms with Gasteiger partial charge >= 0.3 is 6.03 Å². The highest BCUT2D eigenvalue weighted by Crippen LogP contribution is 2.22. The van der Waals surface area contributed by atoms with Gasteiger partial charge in [0.25, 0.3) is 0 Å². The van der Waals surface area contributed by atoms with E-state index in [1.807, 2.05) is 32.0 Å². The van der Waals surface area contributed by atoms with Gasteiger partial charge in [-0.3, -0.25) is 4.57 Å². The van der Waals surface area contributed by atoms with Gasteiger partial charge in [0.1, 0.15) is 18.5 Å². The Hall–Kier alpha value is -3.29. The minimum Gasteiger partial charge on any atom is -0.331 e. The Morgan fingerprint density at radius 2 is 1.89 bits per heavy atom. The zero-order chi connectivity index (χ0) is 19.5. The number of anilines is 1. The number of aryl methyl sites for hydroxylation is 3. The molecule has 2 amide bonds. The van der Waals surface area contributed by atoms with Crippen LogP contribution in [-0.2, 0) is 19.4 Å². The number of nitrogens with zero attached hydrogens (tertiary/aromatic N) is 5. The average molecular weight is 377 g/mol. The van der Waals surface area contributed by atoms with Gasteiger partial charge in [0.05, 0.1) is 12.2 Å². The molecule has 2 N–H and O–H groups in total. The molecule has 0 spiro atoms. The molecule has 1 aliphatic carbocycles. The molecular formula is C20H23N7O. The van der Waals surface area contributed by atoms with E-state index in [4.69, 9.17) is 0 Å². The highest BCUT2D eigenvalue weighted by atomic mass is 16.2. The maximum absolute atomic E-state index is 12.4. The maximum Gasteiger partial charge on any atom is 0.319 e. The number of hydrogen-bond donors (Lipinski definition) is 2. The van der Waals surface area contributed by atoms with Gasteiger partial charge in [0.2, 0.25) is 0 Å². The highest BCUT2D eigenvalue weighted by Gasteiger charge is 2.16. The summed E-state index contributed by atoms with van der Waals surface area (Å²) in [5.74, 6) is 0.656. The zero-order valence-electron chi connectivity index (χ0n) is 16.1. The van der Waals surface area contributed by atoms with E-state index in [1.54, 1.807) is 17.2 Å². The molecular weight excluding hydrogens is 354 g/mol. The number of fused-ring (bicyclic) bond motifs is 1. The van der Waals surface area contributed by atoms with Crippen LogP contribution in [0.3, 0.4) is 0 Å². The number of urea groups is 1. The largest absolute Gasteiger partial charge is 0.331 e. The fourth-order valence-corrected chi connectivity index (χ4v) is 3.49. The lowest BCUT2D eigenvalue weighted by Crippen LogP contribution is -2.29. The van der Waals surface area contributed by atoms with Crippen LogP contribution in [-0.4, -0.2) is 30.8 Å². The number of carbonyl (C=O) groups excluding carboxylic acids is 1. The predicted octanol–water partition coefficient (Wildman–Crippen LogP) is 2.87. The van der Waals surface area contributed by atoms with Crippen molar-refractivity contribution >= 4 is 11.7 Å². The van der Waals surface area contributed by atoms with E-state index in [1.165, 1.54) is 18.4 Å². The number of amides is 2. The number of benzene rings is 1. The Morgan fingerprint density at radius 3 is 2.71 bits per heavy atom. The second kappa shape index (κ2) is 7.75. The topological polar surface area (TPSA) is 97.6 Å². The van der Waals surface area contributed by atoms with Gasteiger partial charge < -0.3 is 10.6 Å². The number of rotatable bonds is 4. The molecule has 3 aromatic rings. The first-order valence-electron chi connectivity index (χ1n) is 9.46. The molecule has 144 valence electrons. The molecule has 0 unspecified atom stereocenters. The molecule has 0 fully saturated rings. The van der Waals surface area contributed by atoms with E-state index in [2.05, 4.69) is 30.8 Å². The third-order valence-corrected chi connectivity index (χ3v) is 5.03. The summed E-state index contributed by atoms with van der Waals surface area (Å²) in [6.45, 7) is 4.26. The summed E-state index contributed by atoms with van der Waals surface area (Å²) in [4.78, 5) is 21.6. The van der Waals surface area contributed by atoms with Gasteiger partial charge in [-0.05, 0) is 62.8 Å². The van der Waals surface area contributed by atoms with E-state index in [0.29, 0.717) is 12.4 Å². The van der Waals surface area contributed by atoms with Gasteiger partial charge in [-0.15, -0.1) is 10.2 Å². The number of nitrogens with one attached hydrogen (secondary N) is 2. The van der Waals surface area contributed by atoms with Crippen molar-refractivity contribution in [3.8, 4) is 5.69 Å². The summed E-state index contributed by atoms with van der Waals surface area (Å²) in [6, 6.07) is 5.49. The van der Waals surface area contributed by atoms with Gasteiger partial charge in [-0.1, -0.05) is 6.07 Å². The van der Waals surface area contributed by atoms with E-state index in [9.17, 15) is 4.79 Å². The molecule has 0 bridgehead atoms. The minimum absolute atomic E-state index is 0.289. The molecule has 0 saturated heterocycles. The Balaban J connectivity index is 1.43. The molecule has 28 heavy (non-hydrogen) atoms. The molecule has 0 atom stereocenters. The number of aromatic nitrogens is 5. The average Bonchev–Trinajstić information content (AvgIpc) is 3.23. The van der Waals surface area contributed by atoms with Crippen molar-refractivity contribution in [2.24, 2.45) is 0 Å². The zero-order valence-corrected chi connectivity index (χ0v) is 16.1. The van der Waals surface area contributed by atoms with Crippen LogP contribution in [0.2, 0.25) is 0 Å². The van der Waals surface area contributed by atoms with E-state index in [0.717, 1.165) is 41.2 Å². The highest BCUT2D eigenvalue weighted by molar-refractivity contribution is 5.90. The van der Waals surface area contributed by atoms with Gasteiger partial charge in [0.15, 0.2) is 0 Å². The van der Waals surface area contributed by atoms with Crippen molar-refractivity contribution in [2.45, 2.75) is 46.1 Å². The molecule has 8 heteroatoms. The number of carbonyl (C=O) groups is 1. The standard InChI is InChI=1S/C20H23N7O/c1-13-7-8-15(27-11-22-23-12-27)9-18(13)26-20(28)21-10-19-24-14(2)16-5-3-4-6-17(16)25-19/h7-9,11-12H,3-6,10H2,1-2H3,(H2,21,26,28). The molecule has 0 aliphatic heterocycles. The predicted molar refractivity (Wildman–Crippen MR) is 105 cm³/mol. The summed E-state index contributed by atoms with van der Waals surface area (Å²) >= 11 is 0. The summed E-state index contributed by atoms with van der Waals surface area (Å²) in [5, 5.41) is 13.4. The van der Waals surface area contributed by atoms with Crippen molar-refractivity contribution in [3.05, 3.63) is 59.2 Å². The Morgan fingerprint density at radius 1 is 1.11 bits per heavy atom. The maximum atomic E-state index is 12.4. The van der Waals surface area contributed by atoms with E-state index < -0.39 is 0 Å². The summed E-state index contributed by atoms with van der Waals surface area (Å²) in [6.07, 6.45) is 7.64. The lowest BCUT2D eigenvalue weighted by Gasteiger charge is -2.17. The Labute approximate surface area is 163 Å². The van der Waals surface area contributed by atoms with Crippen LogP contribution in [0.15, 0.2) is 30.9 Å². The van der Waals surface area contributed by atoms with Crippen molar-refractivity contribution < 1.29 is 4.79 Å². The van der Waals surface area contributed by atoms with Crippen LogP contribution >= 0.6 is 0 Å². The van der Waals surface area contributed by atoms with Crippen LogP contribution in [0.4, 0.5) is 10.5 Å². The van der Waals surface area contributed by atoms with Crippen molar-refractivity contribution in [3.63, 3.8) is 0 Å². The first kappa shape index (κ1) is 18.1. The first-order valence-corrected chi connectivity index (χ1v) is 9.46. The quantitative estimate of drug-likeness (QED) is 0.729. The lowest BCUT2D eigenvalue weighted by atomic mass is 9.95. The molecule has 8 nitrogen and oxygen atoms in total. The third kappa shape index (κ3) is 3.85. The van der Waals surface area contributed by atoms with Crippen LogP contribution in [0.1, 0.15) is 41.2 Å². The van der Waals surface area contributed by atoms with Crippen molar-refractivity contribution in [1.29, 1.82) is 0 Å². The summed E-state index contributed by atoms with van der Waals surface area (Å²) in [5.41, 5.74) is 6.01. The molecule has 2 aromatic heterocycles. The van der Waals surface area contributed by atoms with Crippen LogP contribution < -0.4 is 10.6 Å². The van der Waals surface area contributed by atoms with E-state index >= 15 is 0 Å². The lowest BCUT2D eigenvalue weighted by molar-refractivity contribution is 0.251. The second-order valence-electron chi connectivity index (χ2n) is 7.03. The normalized spacial score (nSPS) is 13.1. The van der Waals surface area contributed by atoms with Crippen molar-refractivity contribution in [2.75, 3.05) is 5.32 Å². The Kier molecular flexibility index (Phi) is 5.01. The first-order chi connectivity index (χ1) is 13.6. The molecule has 2 heterocycles. The molecule has 0 saturated carbocycles. The summed E-state index contributed by atoms with van der Waals surface area (Å²) < 4.78 is 1.78. The van der Waals surface area contributed by atoms with Gasteiger partial charge in [-0.25, -0.2) is 14.8 Å².